The fraction of sp³-hybridized carbons (Fsp3) is 0.111. The van der Waals surface area contributed by atoms with Crippen LogP contribution in [-0.4, -0.2) is 24.1 Å². The Labute approximate surface area is 156 Å². The van der Waals surface area contributed by atoms with Gasteiger partial charge in [0.25, 0.3) is 0 Å². The van der Waals surface area contributed by atoms with Crippen molar-refractivity contribution < 1.29 is 0 Å². The van der Waals surface area contributed by atoms with Crippen molar-refractivity contribution in [3.05, 3.63) is 64.8 Å². The fourth-order valence-electron chi connectivity index (χ4n) is 2.23. The number of nitrogens with one attached hydrogen (secondary N) is 2. The minimum Gasteiger partial charge on any atom is -0.378 e. The van der Waals surface area contributed by atoms with Crippen molar-refractivity contribution in [2.45, 2.75) is 0 Å². The molecule has 0 saturated carbocycles. The van der Waals surface area contributed by atoms with Gasteiger partial charge in [-0.1, -0.05) is 23.2 Å². The smallest absolute Gasteiger partial charge is 0.229 e. The zero-order valence-corrected chi connectivity index (χ0v) is 15.3. The topological polar surface area (TPSA) is 53.1 Å². The van der Waals surface area contributed by atoms with Gasteiger partial charge in [-0.05, 0) is 48.5 Å². The number of nitrogens with zero attached hydrogens (tertiary/aromatic N) is 3. The van der Waals surface area contributed by atoms with Gasteiger partial charge in [-0.25, -0.2) is 4.98 Å². The van der Waals surface area contributed by atoms with E-state index >= 15 is 0 Å². The van der Waals surface area contributed by atoms with E-state index in [4.69, 9.17) is 23.2 Å². The molecule has 2 aromatic carbocycles. The molecule has 3 aromatic rings. The van der Waals surface area contributed by atoms with E-state index in [1.54, 1.807) is 30.5 Å². The maximum Gasteiger partial charge on any atom is 0.229 e. The molecule has 0 fully saturated rings. The Bertz CT molecular complexity index is 845. The van der Waals surface area contributed by atoms with Crippen molar-refractivity contribution in [2.75, 3.05) is 29.6 Å². The quantitative estimate of drug-likeness (QED) is 0.632. The first kappa shape index (κ1) is 17.3. The summed E-state index contributed by atoms with van der Waals surface area (Å²) in [7, 11) is 4.01. The molecule has 0 amide bonds. The SMILES string of the molecule is CN(C)c1ccc(Nc2nccc(Nc3cc(Cl)cc(Cl)c3)n2)cc1. The third-order valence-corrected chi connectivity index (χ3v) is 3.87. The summed E-state index contributed by atoms with van der Waals surface area (Å²) in [4.78, 5) is 10.7. The highest BCUT2D eigenvalue weighted by molar-refractivity contribution is 6.35. The molecular weight excluding hydrogens is 357 g/mol. The molecule has 2 N–H and O–H groups in total. The van der Waals surface area contributed by atoms with E-state index in [2.05, 4.69) is 20.6 Å². The summed E-state index contributed by atoms with van der Waals surface area (Å²) in [6.45, 7) is 0. The second kappa shape index (κ2) is 7.59. The number of benzene rings is 2. The zero-order chi connectivity index (χ0) is 17.8. The normalized spacial score (nSPS) is 10.4. The van der Waals surface area contributed by atoms with Crippen LogP contribution in [-0.2, 0) is 0 Å². The number of anilines is 5. The van der Waals surface area contributed by atoms with Crippen LogP contribution in [0.3, 0.4) is 0 Å². The van der Waals surface area contributed by atoms with Crippen LogP contribution in [0.2, 0.25) is 10.0 Å². The van der Waals surface area contributed by atoms with Crippen LogP contribution in [0.5, 0.6) is 0 Å². The van der Waals surface area contributed by atoms with Gasteiger partial charge in [-0.15, -0.1) is 0 Å². The highest BCUT2D eigenvalue weighted by Gasteiger charge is 2.03. The van der Waals surface area contributed by atoms with E-state index in [1.807, 2.05) is 43.3 Å². The number of hydrogen-bond donors (Lipinski definition) is 2. The fourth-order valence-corrected chi connectivity index (χ4v) is 2.76. The van der Waals surface area contributed by atoms with Crippen molar-refractivity contribution >= 4 is 52.0 Å². The van der Waals surface area contributed by atoms with E-state index in [0.717, 1.165) is 17.1 Å². The molecule has 0 aliphatic rings. The Kier molecular flexibility index (Phi) is 5.26. The highest BCUT2D eigenvalue weighted by Crippen LogP contribution is 2.25. The van der Waals surface area contributed by atoms with Gasteiger partial charge < -0.3 is 15.5 Å². The first-order chi connectivity index (χ1) is 12.0. The zero-order valence-electron chi connectivity index (χ0n) is 13.8. The molecule has 0 saturated heterocycles. The lowest BCUT2D eigenvalue weighted by atomic mass is 10.2. The predicted molar refractivity (Wildman–Crippen MR) is 106 cm³/mol. The van der Waals surface area contributed by atoms with E-state index < -0.39 is 0 Å². The van der Waals surface area contributed by atoms with Gasteiger partial charge in [0, 0.05) is 47.4 Å². The molecule has 0 radical (unpaired) electrons. The second-order valence-corrected chi connectivity index (χ2v) is 6.49. The summed E-state index contributed by atoms with van der Waals surface area (Å²) in [6.07, 6.45) is 1.68. The number of rotatable bonds is 5. The van der Waals surface area contributed by atoms with Gasteiger partial charge in [-0.3, -0.25) is 0 Å². The van der Waals surface area contributed by atoms with Crippen molar-refractivity contribution in [1.29, 1.82) is 0 Å². The summed E-state index contributed by atoms with van der Waals surface area (Å²) in [5.41, 5.74) is 2.80. The molecule has 1 heterocycles. The van der Waals surface area contributed by atoms with Crippen LogP contribution < -0.4 is 15.5 Å². The maximum absolute atomic E-state index is 6.02. The number of halogens is 2. The lowest BCUT2D eigenvalue weighted by molar-refractivity contribution is 1.13. The lowest BCUT2D eigenvalue weighted by Crippen LogP contribution is -2.08. The summed E-state index contributed by atoms with van der Waals surface area (Å²) in [5, 5.41) is 7.47. The van der Waals surface area contributed by atoms with Crippen LogP contribution >= 0.6 is 23.2 Å². The third-order valence-electron chi connectivity index (χ3n) is 3.43. The van der Waals surface area contributed by atoms with Crippen molar-refractivity contribution in [3.63, 3.8) is 0 Å². The largest absolute Gasteiger partial charge is 0.378 e. The van der Waals surface area contributed by atoms with Gasteiger partial charge in [0.1, 0.15) is 5.82 Å². The predicted octanol–water partition coefficient (Wildman–Crippen LogP) is 5.34. The molecule has 3 rings (SSSR count). The van der Waals surface area contributed by atoms with Crippen molar-refractivity contribution in [3.8, 4) is 0 Å². The maximum atomic E-state index is 6.02. The average Bonchev–Trinajstić information content (AvgIpc) is 2.54. The third kappa shape index (κ3) is 4.75. The van der Waals surface area contributed by atoms with E-state index in [-0.39, 0.29) is 0 Å². The van der Waals surface area contributed by atoms with E-state index in [0.29, 0.717) is 21.8 Å². The lowest BCUT2D eigenvalue weighted by Gasteiger charge is -2.13. The van der Waals surface area contributed by atoms with E-state index in [9.17, 15) is 0 Å². The van der Waals surface area contributed by atoms with Crippen LogP contribution in [0.4, 0.5) is 28.8 Å². The number of hydrogen-bond acceptors (Lipinski definition) is 5. The second-order valence-electron chi connectivity index (χ2n) is 5.61. The molecule has 25 heavy (non-hydrogen) atoms. The Hall–Kier alpha value is -2.50. The molecule has 0 unspecified atom stereocenters. The Morgan fingerprint density at radius 1 is 0.840 bits per heavy atom. The first-order valence-corrected chi connectivity index (χ1v) is 8.36. The molecule has 0 aliphatic heterocycles. The molecule has 7 heteroatoms. The molecule has 1 aromatic heterocycles. The molecule has 5 nitrogen and oxygen atoms in total. The molecule has 128 valence electrons. The molecule has 0 spiro atoms. The summed E-state index contributed by atoms with van der Waals surface area (Å²) < 4.78 is 0. The minimum absolute atomic E-state index is 0.496. The summed E-state index contributed by atoms with van der Waals surface area (Å²) in [5.74, 6) is 1.14. The monoisotopic (exact) mass is 373 g/mol. The van der Waals surface area contributed by atoms with Gasteiger partial charge in [0.15, 0.2) is 0 Å². The summed E-state index contributed by atoms with van der Waals surface area (Å²) >= 11 is 12.0. The Morgan fingerprint density at radius 2 is 1.52 bits per heavy atom. The van der Waals surface area contributed by atoms with Crippen molar-refractivity contribution in [2.24, 2.45) is 0 Å². The van der Waals surface area contributed by atoms with Crippen LogP contribution in [0.15, 0.2) is 54.7 Å². The minimum atomic E-state index is 0.496. The molecular formula is C18H17Cl2N5. The standard InChI is InChI=1S/C18H17Cl2N5/c1-25(2)16-5-3-14(4-6-16)23-18-21-8-7-17(24-18)22-15-10-12(19)9-13(20)11-15/h3-11H,1-2H3,(H2,21,22,23,24). The van der Waals surface area contributed by atoms with Crippen LogP contribution in [0, 0.1) is 0 Å². The van der Waals surface area contributed by atoms with Gasteiger partial charge >= 0.3 is 0 Å². The van der Waals surface area contributed by atoms with E-state index in [1.165, 1.54) is 0 Å². The van der Waals surface area contributed by atoms with Gasteiger partial charge in [0.05, 0.1) is 0 Å². The molecule has 0 atom stereocenters. The van der Waals surface area contributed by atoms with Gasteiger partial charge in [-0.2, -0.15) is 4.98 Å². The number of aromatic nitrogens is 2. The average molecular weight is 374 g/mol. The molecule has 0 aliphatic carbocycles. The summed E-state index contributed by atoms with van der Waals surface area (Å²) in [6, 6.07) is 15.0. The van der Waals surface area contributed by atoms with Crippen LogP contribution in [0.1, 0.15) is 0 Å². The molecule has 0 bridgehead atoms. The van der Waals surface area contributed by atoms with Crippen LogP contribution in [0.25, 0.3) is 0 Å². The Morgan fingerprint density at radius 3 is 2.16 bits per heavy atom. The van der Waals surface area contributed by atoms with Crippen molar-refractivity contribution in [1.82, 2.24) is 9.97 Å². The highest BCUT2D eigenvalue weighted by atomic mass is 35.5. The Balaban J connectivity index is 1.74. The first-order valence-electron chi connectivity index (χ1n) is 7.60. The van der Waals surface area contributed by atoms with Gasteiger partial charge in [0.2, 0.25) is 5.95 Å².